The van der Waals surface area contributed by atoms with E-state index in [0.29, 0.717) is 10.7 Å². The van der Waals surface area contributed by atoms with Gasteiger partial charge in [0.2, 0.25) is 0 Å². The van der Waals surface area contributed by atoms with Gasteiger partial charge in [-0.25, -0.2) is 4.98 Å². The first kappa shape index (κ1) is 10.6. The van der Waals surface area contributed by atoms with Gasteiger partial charge in [-0.3, -0.25) is 10.1 Å². The number of anilines is 2. The minimum atomic E-state index is -0.153. The Bertz CT molecular complexity index is 482. The molecule has 0 aliphatic carbocycles. The van der Waals surface area contributed by atoms with Crippen molar-refractivity contribution < 1.29 is 4.79 Å². The Balaban J connectivity index is 2.21. The molecule has 0 saturated carbocycles. The SMILES string of the molecule is CNc1ccccc1C(=O)Nc1nccs1. The molecule has 0 spiro atoms. The Hall–Kier alpha value is -1.88. The zero-order valence-electron chi connectivity index (χ0n) is 8.73. The van der Waals surface area contributed by atoms with E-state index in [2.05, 4.69) is 15.6 Å². The van der Waals surface area contributed by atoms with E-state index in [0.717, 1.165) is 5.69 Å². The first-order valence-corrected chi connectivity index (χ1v) is 5.67. The Kier molecular flexibility index (Phi) is 3.16. The van der Waals surface area contributed by atoms with Crippen LogP contribution in [0.5, 0.6) is 0 Å². The predicted octanol–water partition coefficient (Wildman–Crippen LogP) is 2.44. The zero-order valence-corrected chi connectivity index (χ0v) is 9.54. The van der Waals surface area contributed by atoms with Gasteiger partial charge in [0, 0.05) is 24.3 Å². The third kappa shape index (κ3) is 2.20. The highest BCUT2D eigenvalue weighted by Crippen LogP contribution is 2.17. The fourth-order valence-corrected chi connectivity index (χ4v) is 1.87. The minimum absolute atomic E-state index is 0.153. The molecule has 1 amide bonds. The topological polar surface area (TPSA) is 54.0 Å². The van der Waals surface area contributed by atoms with Gasteiger partial charge in [0.15, 0.2) is 5.13 Å². The number of aromatic nitrogens is 1. The zero-order chi connectivity index (χ0) is 11.4. The van der Waals surface area contributed by atoms with E-state index < -0.39 is 0 Å². The molecule has 5 heteroatoms. The molecule has 2 N–H and O–H groups in total. The number of carbonyl (C=O) groups excluding carboxylic acids is 1. The predicted molar refractivity (Wildman–Crippen MR) is 66.1 cm³/mol. The van der Waals surface area contributed by atoms with Crippen molar-refractivity contribution in [2.75, 3.05) is 17.7 Å². The molecule has 0 radical (unpaired) electrons. The molecule has 0 saturated heterocycles. The maximum absolute atomic E-state index is 11.9. The van der Waals surface area contributed by atoms with Gasteiger partial charge in [-0.15, -0.1) is 11.3 Å². The van der Waals surface area contributed by atoms with Crippen LogP contribution in [-0.4, -0.2) is 17.9 Å². The van der Waals surface area contributed by atoms with Gasteiger partial charge in [0.25, 0.3) is 5.91 Å². The van der Waals surface area contributed by atoms with E-state index in [1.54, 1.807) is 19.3 Å². The highest BCUT2D eigenvalue weighted by atomic mass is 32.1. The summed E-state index contributed by atoms with van der Waals surface area (Å²) < 4.78 is 0. The van der Waals surface area contributed by atoms with Crippen LogP contribution in [0.2, 0.25) is 0 Å². The summed E-state index contributed by atoms with van der Waals surface area (Å²) in [6.07, 6.45) is 1.66. The molecule has 1 heterocycles. The minimum Gasteiger partial charge on any atom is -0.387 e. The third-order valence-corrected chi connectivity index (χ3v) is 2.78. The maximum Gasteiger partial charge on any atom is 0.259 e. The van der Waals surface area contributed by atoms with Crippen molar-refractivity contribution in [2.45, 2.75) is 0 Å². The van der Waals surface area contributed by atoms with Gasteiger partial charge in [-0.2, -0.15) is 0 Å². The lowest BCUT2D eigenvalue weighted by atomic mass is 10.1. The van der Waals surface area contributed by atoms with Gasteiger partial charge in [0.05, 0.1) is 5.56 Å². The molecule has 82 valence electrons. The maximum atomic E-state index is 11.9. The lowest BCUT2D eigenvalue weighted by Crippen LogP contribution is -2.13. The van der Waals surface area contributed by atoms with E-state index in [1.165, 1.54) is 11.3 Å². The summed E-state index contributed by atoms with van der Waals surface area (Å²) in [6, 6.07) is 7.34. The van der Waals surface area contributed by atoms with Gasteiger partial charge in [-0.1, -0.05) is 12.1 Å². The molecule has 16 heavy (non-hydrogen) atoms. The Labute approximate surface area is 97.3 Å². The number of carbonyl (C=O) groups is 1. The van der Waals surface area contributed by atoms with E-state index in [4.69, 9.17) is 0 Å². The van der Waals surface area contributed by atoms with Crippen molar-refractivity contribution >= 4 is 28.1 Å². The van der Waals surface area contributed by atoms with Crippen molar-refractivity contribution in [2.24, 2.45) is 0 Å². The quantitative estimate of drug-likeness (QED) is 0.856. The van der Waals surface area contributed by atoms with Crippen LogP contribution >= 0.6 is 11.3 Å². The molecular formula is C11H11N3OS. The first-order valence-electron chi connectivity index (χ1n) is 4.79. The fourth-order valence-electron chi connectivity index (χ4n) is 1.35. The van der Waals surface area contributed by atoms with Crippen LogP contribution in [-0.2, 0) is 0 Å². The first-order chi connectivity index (χ1) is 7.81. The highest BCUT2D eigenvalue weighted by Gasteiger charge is 2.10. The monoisotopic (exact) mass is 233 g/mol. The number of benzene rings is 1. The Morgan fingerprint density at radius 1 is 1.38 bits per heavy atom. The lowest BCUT2D eigenvalue weighted by molar-refractivity contribution is 0.102. The number of nitrogens with one attached hydrogen (secondary N) is 2. The number of rotatable bonds is 3. The van der Waals surface area contributed by atoms with Crippen molar-refractivity contribution in [3.63, 3.8) is 0 Å². The molecule has 0 fully saturated rings. The van der Waals surface area contributed by atoms with E-state index >= 15 is 0 Å². The molecule has 1 aromatic heterocycles. The average molecular weight is 233 g/mol. The molecule has 0 unspecified atom stereocenters. The van der Waals surface area contributed by atoms with Gasteiger partial charge < -0.3 is 5.32 Å². The molecule has 2 rings (SSSR count). The van der Waals surface area contributed by atoms with Crippen LogP contribution in [0.25, 0.3) is 0 Å². The van der Waals surface area contributed by atoms with Crippen molar-refractivity contribution in [3.8, 4) is 0 Å². The van der Waals surface area contributed by atoms with E-state index in [-0.39, 0.29) is 5.91 Å². The summed E-state index contributed by atoms with van der Waals surface area (Å²) in [5.41, 5.74) is 1.41. The summed E-state index contributed by atoms with van der Waals surface area (Å²) in [4.78, 5) is 15.9. The Morgan fingerprint density at radius 2 is 2.19 bits per heavy atom. The van der Waals surface area contributed by atoms with Crippen molar-refractivity contribution in [3.05, 3.63) is 41.4 Å². The number of para-hydroxylation sites is 1. The molecule has 0 aliphatic heterocycles. The van der Waals surface area contributed by atoms with E-state index in [1.807, 2.05) is 23.6 Å². The number of nitrogens with zero attached hydrogens (tertiary/aromatic N) is 1. The van der Waals surface area contributed by atoms with Crippen LogP contribution in [0.1, 0.15) is 10.4 Å². The fraction of sp³-hybridized carbons (Fsp3) is 0.0909. The summed E-state index contributed by atoms with van der Waals surface area (Å²) in [6.45, 7) is 0. The lowest BCUT2D eigenvalue weighted by Gasteiger charge is -2.07. The molecule has 4 nitrogen and oxygen atoms in total. The summed E-state index contributed by atoms with van der Waals surface area (Å²) in [5, 5.41) is 8.15. The van der Waals surface area contributed by atoms with Gasteiger partial charge in [0.1, 0.15) is 0 Å². The number of hydrogen-bond acceptors (Lipinski definition) is 4. The van der Waals surface area contributed by atoms with Gasteiger partial charge >= 0.3 is 0 Å². The van der Waals surface area contributed by atoms with Crippen LogP contribution in [0.15, 0.2) is 35.8 Å². The smallest absolute Gasteiger partial charge is 0.259 e. The standard InChI is InChI=1S/C11H11N3OS/c1-12-9-5-3-2-4-8(9)10(15)14-11-13-6-7-16-11/h2-7,12H,1H3,(H,13,14,15). The largest absolute Gasteiger partial charge is 0.387 e. The molecule has 0 bridgehead atoms. The Morgan fingerprint density at radius 3 is 2.88 bits per heavy atom. The molecule has 1 aromatic carbocycles. The number of amides is 1. The van der Waals surface area contributed by atoms with Crippen molar-refractivity contribution in [1.82, 2.24) is 4.98 Å². The van der Waals surface area contributed by atoms with Crippen LogP contribution in [0.4, 0.5) is 10.8 Å². The molecule has 0 atom stereocenters. The normalized spacial score (nSPS) is 9.81. The van der Waals surface area contributed by atoms with Crippen LogP contribution in [0.3, 0.4) is 0 Å². The van der Waals surface area contributed by atoms with Crippen molar-refractivity contribution in [1.29, 1.82) is 0 Å². The summed E-state index contributed by atoms with van der Waals surface area (Å²) in [7, 11) is 1.79. The summed E-state index contributed by atoms with van der Waals surface area (Å²) >= 11 is 1.40. The second-order valence-corrected chi connectivity index (χ2v) is 3.98. The molecule has 0 aliphatic rings. The average Bonchev–Trinajstić information content (AvgIpc) is 2.81. The second-order valence-electron chi connectivity index (χ2n) is 3.09. The number of hydrogen-bond donors (Lipinski definition) is 2. The number of thiazole rings is 1. The van der Waals surface area contributed by atoms with Crippen LogP contribution < -0.4 is 10.6 Å². The van der Waals surface area contributed by atoms with Crippen LogP contribution in [0, 0.1) is 0 Å². The van der Waals surface area contributed by atoms with Gasteiger partial charge in [-0.05, 0) is 12.1 Å². The third-order valence-electron chi connectivity index (χ3n) is 2.09. The molecule has 2 aromatic rings. The van der Waals surface area contributed by atoms with E-state index in [9.17, 15) is 4.79 Å². The summed E-state index contributed by atoms with van der Waals surface area (Å²) in [5.74, 6) is -0.153. The molecular weight excluding hydrogens is 222 g/mol. The second kappa shape index (κ2) is 4.76. The highest BCUT2D eigenvalue weighted by molar-refractivity contribution is 7.13.